The molecule has 5 nitrogen and oxygen atoms in total. The number of anilines is 1. The third-order valence-corrected chi connectivity index (χ3v) is 3.25. The molecule has 102 valence electrons. The molecule has 1 atom stereocenters. The van der Waals surface area contributed by atoms with Crippen LogP contribution in [-0.2, 0) is 16.0 Å². The van der Waals surface area contributed by atoms with Crippen molar-refractivity contribution in [1.82, 2.24) is 4.90 Å². The van der Waals surface area contributed by atoms with Crippen molar-refractivity contribution in [1.29, 1.82) is 0 Å². The van der Waals surface area contributed by atoms with E-state index in [1.807, 2.05) is 38.4 Å². The zero-order valence-corrected chi connectivity index (χ0v) is 11.2. The lowest BCUT2D eigenvalue weighted by Gasteiger charge is -2.33. The lowest BCUT2D eigenvalue weighted by atomic mass is 9.92. The van der Waals surface area contributed by atoms with Crippen LogP contribution < -0.4 is 4.90 Å². The van der Waals surface area contributed by atoms with Gasteiger partial charge < -0.3 is 14.9 Å². The lowest BCUT2D eigenvalue weighted by Crippen LogP contribution is -2.45. The Hall–Kier alpha value is -1.88. The number of para-hydroxylation sites is 1. The summed E-state index contributed by atoms with van der Waals surface area (Å²) in [5, 5.41) is 9.20. The molecule has 1 aromatic rings. The first-order valence-corrected chi connectivity index (χ1v) is 6.25. The third-order valence-electron chi connectivity index (χ3n) is 3.25. The van der Waals surface area contributed by atoms with Gasteiger partial charge in [-0.25, -0.2) is 0 Å². The van der Waals surface area contributed by atoms with E-state index in [1.54, 1.807) is 9.80 Å². The van der Waals surface area contributed by atoms with Crippen LogP contribution in [0.15, 0.2) is 24.3 Å². The van der Waals surface area contributed by atoms with Crippen LogP contribution in [0.3, 0.4) is 0 Å². The summed E-state index contributed by atoms with van der Waals surface area (Å²) in [4.78, 5) is 26.8. The van der Waals surface area contributed by atoms with Crippen molar-refractivity contribution in [2.45, 2.75) is 6.42 Å². The number of amides is 1. The van der Waals surface area contributed by atoms with Crippen molar-refractivity contribution < 1.29 is 14.7 Å². The Morgan fingerprint density at radius 1 is 1.37 bits per heavy atom. The first kappa shape index (κ1) is 13.5. The number of hydrogen-bond donors (Lipinski definition) is 1. The van der Waals surface area contributed by atoms with Crippen LogP contribution in [0.4, 0.5) is 5.69 Å². The van der Waals surface area contributed by atoms with E-state index in [2.05, 4.69) is 0 Å². The molecule has 0 bridgehead atoms. The minimum absolute atomic E-state index is 0.0663. The van der Waals surface area contributed by atoms with Crippen molar-refractivity contribution >= 4 is 17.6 Å². The summed E-state index contributed by atoms with van der Waals surface area (Å²) in [7, 11) is 3.64. The third kappa shape index (κ3) is 2.93. The predicted molar refractivity (Wildman–Crippen MR) is 72.2 cm³/mol. The lowest BCUT2D eigenvalue weighted by molar-refractivity contribution is -0.141. The summed E-state index contributed by atoms with van der Waals surface area (Å²) in [6.45, 7) is 0.527. The molecule has 0 saturated carbocycles. The van der Waals surface area contributed by atoms with Crippen molar-refractivity contribution in [2.24, 2.45) is 5.92 Å². The van der Waals surface area contributed by atoms with Crippen LogP contribution in [0, 0.1) is 5.92 Å². The number of carboxylic acid groups (broad SMARTS) is 1. The van der Waals surface area contributed by atoms with E-state index >= 15 is 0 Å². The smallest absolute Gasteiger partial charge is 0.308 e. The first-order valence-electron chi connectivity index (χ1n) is 6.25. The molecular weight excluding hydrogens is 244 g/mol. The quantitative estimate of drug-likeness (QED) is 0.877. The summed E-state index contributed by atoms with van der Waals surface area (Å²) in [6.07, 6.45) is 0.483. The highest BCUT2D eigenvalue weighted by atomic mass is 16.4. The molecule has 1 aliphatic rings. The topological polar surface area (TPSA) is 60.9 Å². The second-order valence-electron chi connectivity index (χ2n) is 5.11. The van der Waals surface area contributed by atoms with Gasteiger partial charge in [0.1, 0.15) is 0 Å². The second-order valence-corrected chi connectivity index (χ2v) is 5.11. The predicted octanol–water partition coefficient (Wildman–Crippen LogP) is 0.838. The van der Waals surface area contributed by atoms with Crippen LogP contribution in [-0.4, -0.2) is 49.1 Å². The minimum Gasteiger partial charge on any atom is -0.481 e. The fraction of sp³-hybridized carbons (Fsp3) is 0.429. The molecule has 0 fully saturated rings. The molecule has 2 rings (SSSR count). The Balaban J connectivity index is 2.31. The SMILES string of the molecule is CN(C)CC(=O)N1CC(C(=O)O)Cc2ccccc21. The number of benzene rings is 1. The molecule has 0 aliphatic carbocycles. The number of carbonyl (C=O) groups excluding carboxylic acids is 1. The van der Waals surface area contributed by atoms with Gasteiger partial charge in [0.15, 0.2) is 0 Å². The van der Waals surface area contributed by atoms with Crippen LogP contribution >= 0.6 is 0 Å². The molecule has 1 heterocycles. The van der Waals surface area contributed by atoms with Crippen molar-refractivity contribution in [3.05, 3.63) is 29.8 Å². The average molecular weight is 262 g/mol. The van der Waals surface area contributed by atoms with Crippen LogP contribution in [0.5, 0.6) is 0 Å². The average Bonchev–Trinajstić information content (AvgIpc) is 2.36. The summed E-state index contributed by atoms with van der Waals surface area (Å²) in [5.41, 5.74) is 1.76. The summed E-state index contributed by atoms with van der Waals surface area (Å²) >= 11 is 0. The van der Waals surface area contributed by atoms with Gasteiger partial charge in [0.05, 0.1) is 12.5 Å². The highest BCUT2D eigenvalue weighted by Crippen LogP contribution is 2.29. The van der Waals surface area contributed by atoms with Gasteiger partial charge in [-0.05, 0) is 32.1 Å². The normalized spacial score (nSPS) is 18.3. The maximum Gasteiger partial charge on any atom is 0.308 e. The molecule has 1 aliphatic heterocycles. The zero-order chi connectivity index (χ0) is 14.0. The molecule has 1 amide bonds. The number of likely N-dealkylation sites (N-methyl/N-ethyl adjacent to an activating group) is 1. The van der Waals surface area contributed by atoms with E-state index in [4.69, 9.17) is 0 Å². The molecule has 0 aromatic heterocycles. The number of rotatable bonds is 3. The van der Waals surface area contributed by atoms with E-state index in [0.29, 0.717) is 6.42 Å². The maximum absolute atomic E-state index is 12.2. The summed E-state index contributed by atoms with van der Waals surface area (Å²) in [6, 6.07) is 7.51. The fourth-order valence-electron chi connectivity index (χ4n) is 2.35. The van der Waals surface area contributed by atoms with E-state index in [0.717, 1.165) is 11.3 Å². The zero-order valence-electron chi connectivity index (χ0n) is 11.2. The number of aliphatic carboxylic acids is 1. The number of carboxylic acids is 1. The summed E-state index contributed by atoms with van der Waals surface area (Å²) < 4.78 is 0. The first-order chi connectivity index (χ1) is 8.99. The van der Waals surface area contributed by atoms with Crippen LogP contribution in [0.1, 0.15) is 5.56 Å². The number of hydrogen-bond acceptors (Lipinski definition) is 3. The van der Waals surface area contributed by atoms with Gasteiger partial charge in [-0.1, -0.05) is 18.2 Å². The van der Waals surface area contributed by atoms with E-state index in [9.17, 15) is 14.7 Å². The van der Waals surface area contributed by atoms with Gasteiger partial charge in [-0.2, -0.15) is 0 Å². The minimum atomic E-state index is -0.850. The van der Waals surface area contributed by atoms with Gasteiger partial charge in [-0.15, -0.1) is 0 Å². The Bertz CT molecular complexity index is 499. The Morgan fingerprint density at radius 3 is 2.68 bits per heavy atom. The number of carbonyl (C=O) groups is 2. The van der Waals surface area contributed by atoms with Gasteiger partial charge in [0.2, 0.25) is 5.91 Å². The van der Waals surface area contributed by atoms with Crippen molar-refractivity contribution in [3.63, 3.8) is 0 Å². The molecule has 5 heteroatoms. The van der Waals surface area contributed by atoms with Crippen LogP contribution in [0.25, 0.3) is 0 Å². The highest BCUT2D eigenvalue weighted by Gasteiger charge is 2.31. The Labute approximate surface area is 112 Å². The van der Waals surface area contributed by atoms with Gasteiger partial charge in [0, 0.05) is 12.2 Å². The monoisotopic (exact) mass is 262 g/mol. The van der Waals surface area contributed by atoms with Gasteiger partial charge in [-0.3, -0.25) is 9.59 Å². The van der Waals surface area contributed by atoms with Gasteiger partial charge in [0.25, 0.3) is 0 Å². The Kier molecular flexibility index (Phi) is 3.85. The molecule has 19 heavy (non-hydrogen) atoms. The molecule has 1 unspecified atom stereocenters. The van der Waals surface area contributed by atoms with Crippen LogP contribution in [0.2, 0.25) is 0 Å². The van der Waals surface area contributed by atoms with Crippen molar-refractivity contribution in [3.8, 4) is 0 Å². The van der Waals surface area contributed by atoms with E-state index in [1.165, 1.54) is 0 Å². The number of fused-ring (bicyclic) bond motifs is 1. The molecular formula is C14H18N2O3. The van der Waals surface area contributed by atoms with Crippen molar-refractivity contribution in [2.75, 3.05) is 32.1 Å². The standard InChI is InChI=1S/C14H18N2O3/c1-15(2)9-13(17)16-8-11(14(18)19)7-10-5-3-4-6-12(10)16/h3-6,11H,7-9H2,1-2H3,(H,18,19). The summed E-state index contributed by atoms with van der Waals surface area (Å²) in [5.74, 6) is -1.44. The van der Waals surface area contributed by atoms with Gasteiger partial charge >= 0.3 is 5.97 Å². The molecule has 1 N–H and O–H groups in total. The highest BCUT2D eigenvalue weighted by molar-refractivity contribution is 5.97. The largest absolute Gasteiger partial charge is 0.481 e. The van der Waals surface area contributed by atoms with E-state index in [-0.39, 0.29) is 19.0 Å². The second kappa shape index (κ2) is 5.40. The molecule has 0 radical (unpaired) electrons. The molecule has 0 spiro atoms. The molecule has 1 aromatic carbocycles. The fourth-order valence-corrected chi connectivity index (χ4v) is 2.35. The van der Waals surface area contributed by atoms with E-state index < -0.39 is 11.9 Å². The Morgan fingerprint density at radius 2 is 2.05 bits per heavy atom. The molecule has 0 saturated heterocycles. The number of nitrogens with zero attached hydrogens (tertiary/aromatic N) is 2. The maximum atomic E-state index is 12.2.